The Morgan fingerprint density at radius 1 is 1.21 bits per heavy atom. The second-order valence-corrected chi connectivity index (χ2v) is 6.07. The van der Waals surface area contributed by atoms with Crippen LogP contribution in [0, 0.1) is 11.8 Å². The molecule has 0 saturated carbocycles. The molecule has 0 radical (unpaired) electrons. The fourth-order valence-electron chi connectivity index (χ4n) is 2.27. The van der Waals surface area contributed by atoms with Crippen molar-refractivity contribution in [3.05, 3.63) is 0 Å². The van der Waals surface area contributed by atoms with Gasteiger partial charge in [0.1, 0.15) is 0 Å². The average Bonchev–Trinajstić information content (AvgIpc) is 2.13. The highest BCUT2D eigenvalue weighted by Crippen LogP contribution is 2.33. The number of hydrogen-bond donors (Lipinski definition) is 1. The highest BCUT2D eigenvalue weighted by atomic mass is 32.1. The van der Waals surface area contributed by atoms with Crippen LogP contribution in [0.1, 0.15) is 66.7 Å². The summed E-state index contributed by atoms with van der Waals surface area (Å²) in [6.07, 6.45) is 6.44. The molecule has 3 atom stereocenters. The van der Waals surface area contributed by atoms with Crippen LogP contribution in [-0.2, 0) is 0 Å². The summed E-state index contributed by atoms with van der Waals surface area (Å²) in [6, 6.07) is 0. The minimum absolute atomic E-state index is 0.237. The number of rotatable bonds is 7. The first-order chi connectivity index (χ1) is 6.46. The summed E-state index contributed by atoms with van der Waals surface area (Å²) < 4.78 is 0.237. The molecule has 0 aromatic carbocycles. The van der Waals surface area contributed by atoms with Gasteiger partial charge in [-0.1, -0.05) is 53.9 Å². The topological polar surface area (TPSA) is 0 Å². The molecule has 0 spiro atoms. The molecule has 0 aliphatic rings. The SMILES string of the molecule is CCCC(CC)C(C)CC(C)(S)CC. The zero-order chi connectivity index (χ0) is 11.2. The van der Waals surface area contributed by atoms with Gasteiger partial charge in [0.15, 0.2) is 0 Å². The third-order valence-electron chi connectivity index (χ3n) is 3.51. The molecule has 0 bridgehead atoms. The molecule has 3 unspecified atom stereocenters. The first-order valence-corrected chi connectivity index (χ1v) is 6.63. The fourth-order valence-corrected chi connectivity index (χ4v) is 2.55. The molecule has 0 nitrogen and oxygen atoms in total. The molecule has 0 fully saturated rings. The van der Waals surface area contributed by atoms with E-state index < -0.39 is 0 Å². The number of hydrogen-bond acceptors (Lipinski definition) is 1. The van der Waals surface area contributed by atoms with Crippen molar-refractivity contribution in [1.82, 2.24) is 0 Å². The Labute approximate surface area is 96.3 Å². The third kappa shape index (κ3) is 5.29. The number of thiol groups is 1. The Hall–Kier alpha value is 0.350. The fraction of sp³-hybridized carbons (Fsp3) is 1.00. The summed E-state index contributed by atoms with van der Waals surface area (Å²) >= 11 is 4.73. The molecule has 0 aliphatic carbocycles. The summed E-state index contributed by atoms with van der Waals surface area (Å²) in [4.78, 5) is 0. The third-order valence-corrected chi connectivity index (χ3v) is 4.01. The molecule has 0 heterocycles. The molecule has 0 saturated heterocycles. The molecule has 0 aliphatic heterocycles. The van der Waals surface area contributed by atoms with Crippen molar-refractivity contribution in [1.29, 1.82) is 0 Å². The maximum atomic E-state index is 4.73. The Morgan fingerprint density at radius 2 is 1.79 bits per heavy atom. The van der Waals surface area contributed by atoms with Gasteiger partial charge in [-0.2, -0.15) is 12.6 Å². The summed E-state index contributed by atoms with van der Waals surface area (Å²) in [5.41, 5.74) is 0. The van der Waals surface area contributed by atoms with E-state index in [1.54, 1.807) is 0 Å². The van der Waals surface area contributed by atoms with Crippen LogP contribution in [0.3, 0.4) is 0 Å². The second-order valence-electron chi connectivity index (χ2n) is 4.99. The standard InChI is InChI=1S/C13H28S/c1-6-9-12(7-2)11(4)10-13(5,14)8-3/h11-12,14H,6-10H2,1-5H3. The second kappa shape index (κ2) is 6.76. The lowest BCUT2D eigenvalue weighted by atomic mass is 9.81. The smallest absolute Gasteiger partial charge is 0.0101 e. The Kier molecular flexibility index (Phi) is 6.93. The zero-order valence-corrected chi connectivity index (χ0v) is 11.5. The summed E-state index contributed by atoms with van der Waals surface area (Å²) in [6.45, 7) is 11.5. The molecular formula is C13H28S. The van der Waals surface area contributed by atoms with E-state index in [-0.39, 0.29) is 4.75 Å². The van der Waals surface area contributed by atoms with Crippen LogP contribution in [0.15, 0.2) is 0 Å². The van der Waals surface area contributed by atoms with Crippen molar-refractivity contribution in [2.45, 2.75) is 71.5 Å². The summed E-state index contributed by atoms with van der Waals surface area (Å²) in [5, 5.41) is 0. The van der Waals surface area contributed by atoms with E-state index in [0.29, 0.717) is 0 Å². The monoisotopic (exact) mass is 216 g/mol. The van der Waals surface area contributed by atoms with Crippen LogP contribution < -0.4 is 0 Å². The molecule has 0 amide bonds. The van der Waals surface area contributed by atoms with E-state index in [1.807, 2.05) is 0 Å². The first kappa shape index (κ1) is 14.3. The largest absolute Gasteiger partial charge is 0.173 e. The Morgan fingerprint density at radius 3 is 2.14 bits per heavy atom. The lowest BCUT2D eigenvalue weighted by Gasteiger charge is -2.30. The average molecular weight is 216 g/mol. The Balaban J connectivity index is 4.09. The van der Waals surface area contributed by atoms with E-state index in [9.17, 15) is 0 Å². The van der Waals surface area contributed by atoms with Crippen LogP contribution in [0.2, 0.25) is 0 Å². The molecule has 86 valence electrons. The molecule has 14 heavy (non-hydrogen) atoms. The normalized spacial score (nSPS) is 20.1. The van der Waals surface area contributed by atoms with E-state index in [2.05, 4.69) is 34.6 Å². The van der Waals surface area contributed by atoms with Gasteiger partial charge in [-0.25, -0.2) is 0 Å². The van der Waals surface area contributed by atoms with Gasteiger partial charge in [-0.05, 0) is 24.7 Å². The van der Waals surface area contributed by atoms with Crippen molar-refractivity contribution in [3.8, 4) is 0 Å². The minimum Gasteiger partial charge on any atom is -0.173 e. The van der Waals surface area contributed by atoms with Crippen molar-refractivity contribution < 1.29 is 0 Å². The van der Waals surface area contributed by atoms with Crippen LogP contribution in [-0.4, -0.2) is 4.75 Å². The predicted molar refractivity (Wildman–Crippen MR) is 70.2 cm³/mol. The van der Waals surface area contributed by atoms with Crippen LogP contribution in [0.5, 0.6) is 0 Å². The van der Waals surface area contributed by atoms with Crippen molar-refractivity contribution in [2.75, 3.05) is 0 Å². The zero-order valence-electron chi connectivity index (χ0n) is 10.6. The van der Waals surface area contributed by atoms with Gasteiger partial charge in [0.05, 0.1) is 0 Å². The molecule has 0 N–H and O–H groups in total. The molecule has 0 rings (SSSR count). The van der Waals surface area contributed by atoms with E-state index in [1.165, 1.54) is 32.1 Å². The van der Waals surface area contributed by atoms with E-state index in [0.717, 1.165) is 11.8 Å². The van der Waals surface area contributed by atoms with Crippen molar-refractivity contribution >= 4 is 12.6 Å². The van der Waals surface area contributed by atoms with Gasteiger partial charge < -0.3 is 0 Å². The maximum Gasteiger partial charge on any atom is 0.0101 e. The van der Waals surface area contributed by atoms with Gasteiger partial charge in [0, 0.05) is 4.75 Å². The molecular weight excluding hydrogens is 188 g/mol. The quantitative estimate of drug-likeness (QED) is 0.573. The highest BCUT2D eigenvalue weighted by molar-refractivity contribution is 7.81. The molecule has 0 aromatic rings. The van der Waals surface area contributed by atoms with E-state index >= 15 is 0 Å². The predicted octanol–water partition coefficient (Wildman–Crippen LogP) is 4.94. The lowest BCUT2D eigenvalue weighted by molar-refractivity contribution is 0.282. The Bertz CT molecular complexity index is 140. The van der Waals surface area contributed by atoms with Crippen LogP contribution >= 0.6 is 12.6 Å². The van der Waals surface area contributed by atoms with Crippen LogP contribution in [0.4, 0.5) is 0 Å². The molecule has 0 aromatic heterocycles. The lowest BCUT2D eigenvalue weighted by Crippen LogP contribution is -2.23. The van der Waals surface area contributed by atoms with Gasteiger partial charge in [0.2, 0.25) is 0 Å². The summed E-state index contributed by atoms with van der Waals surface area (Å²) in [7, 11) is 0. The van der Waals surface area contributed by atoms with Gasteiger partial charge in [0.25, 0.3) is 0 Å². The highest BCUT2D eigenvalue weighted by Gasteiger charge is 2.24. The van der Waals surface area contributed by atoms with Crippen LogP contribution in [0.25, 0.3) is 0 Å². The molecule has 1 heteroatoms. The maximum absolute atomic E-state index is 4.73. The van der Waals surface area contributed by atoms with Crippen molar-refractivity contribution in [3.63, 3.8) is 0 Å². The summed E-state index contributed by atoms with van der Waals surface area (Å²) in [5.74, 6) is 1.72. The van der Waals surface area contributed by atoms with Gasteiger partial charge in [-0.3, -0.25) is 0 Å². The first-order valence-electron chi connectivity index (χ1n) is 6.19. The minimum atomic E-state index is 0.237. The van der Waals surface area contributed by atoms with Crippen molar-refractivity contribution in [2.24, 2.45) is 11.8 Å². The van der Waals surface area contributed by atoms with Gasteiger partial charge in [-0.15, -0.1) is 0 Å². The van der Waals surface area contributed by atoms with Gasteiger partial charge >= 0.3 is 0 Å². The van der Waals surface area contributed by atoms with E-state index in [4.69, 9.17) is 12.6 Å².